The number of sulfonamides is 1. The second kappa shape index (κ2) is 6.06. The minimum atomic E-state index is -3.88. The van der Waals surface area contributed by atoms with Gasteiger partial charge < -0.3 is 10.2 Å². The minimum absolute atomic E-state index is 0.108. The lowest BCUT2D eigenvalue weighted by Crippen LogP contribution is -2.34. The molecule has 0 amide bonds. The lowest BCUT2D eigenvalue weighted by molar-refractivity contribution is -0.385. The first-order valence-electron chi connectivity index (χ1n) is 5.31. The molecule has 1 rings (SSSR count). The molecule has 1 atom stereocenters. The number of rotatable bonds is 6. The molecule has 0 aliphatic carbocycles. The van der Waals surface area contributed by atoms with E-state index in [0.29, 0.717) is 0 Å². The number of nitrogens with one attached hydrogen (secondary N) is 1. The highest BCUT2D eigenvalue weighted by Crippen LogP contribution is 2.20. The van der Waals surface area contributed by atoms with Crippen LogP contribution >= 0.6 is 0 Å². The molecule has 0 bridgehead atoms. The summed E-state index contributed by atoms with van der Waals surface area (Å²) in [4.78, 5) is 9.82. The Morgan fingerprint density at radius 1 is 1.47 bits per heavy atom. The van der Waals surface area contributed by atoms with Gasteiger partial charge in [0.05, 0.1) is 22.5 Å². The van der Waals surface area contributed by atoms with Gasteiger partial charge in [0.25, 0.3) is 5.69 Å². The van der Waals surface area contributed by atoms with Crippen molar-refractivity contribution in [3.63, 3.8) is 0 Å². The summed E-state index contributed by atoms with van der Waals surface area (Å²) in [5.41, 5.74) is 0.0204. The van der Waals surface area contributed by atoms with E-state index in [1.807, 2.05) is 0 Å². The zero-order valence-corrected chi connectivity index (χ0v) is 10.9. The molecule has 0 fully saturated rings. The molecule has 3 N–H and O–H groups in total. The number of nitro groups is 1. The molecule has 0 aliphatic rings. The van der Waals surface area contributed by atoms with E-state index in [1.165, 1.54) is 6.92 Å². The Kier molecular flexibility index (Phi) is 4.95. The van der Waals surface area contributed by atoms with Crippen LogP contribution in [-0.2, 0) is 10.0 Å². The van der Waals surface area contributed by atoms with E-state index in [4.69, 9.17) is 10.2 Å². The van der Waals surface area contributed by atoms with Crippen molar-refractivity contribution in [2.45, 2.75) is 17.9 Å². The highest BCUT2D eigenvalue weighted by Gasteiger charge is 2.20. The van der Waals surface area contributed by atoms with Gasteiger partial charge in [-0.3, -0.25) is 10.1 Å². The lowest BCUT2D eigenvalue weighted by Gasteiger charge is -2.11. The van der Waals surface area contributed by atoms with Gasteiger partial charge in [0, 0.05) is 18.7 Å². The van der Waals surface area contributed by atoms with Crippen LogP contribution < -0.4 is 4.72 Å². The smallest absolute Gasteiger partial charge is 0.269 e. The maximum atomic E-state index is 11.9. The molecule has 1 aromatic rings. The number of hydrogen-bond acceptors (Lipinski definition) is 6. The molecule has 0 aliphatic heterocycles. The van der Waals surface area contributed by atoms with Crippen LogP contribution in [0.1, 0.15) is 5.56 Å². The van der Waals surface area contributed by atoms with E-state index in [-0.39, 0.29) is 22.7 Å². The molecule has 0 radical (unpaired) electrons. The fourth-order valence-corrected chi connectivity index (χ4v) is 2.69. The van der Waals surface area contributed by atoms with E-state index in [2.05, 4.69) is 4.72 Å². The fraction of sp³-hybridized carbons (Fsp3) is 0.400. The highest BCUT2D eigenvalue weighted by atomic mass is 32.2. The summed E-state index contributed by atoms with van der Waals surface area (Å²) in [6.07, 6.45) is -1.20. The van der Waals surface area contributed by atoms with E-state index in [1.54, 1.807) is 0 Å². The van der Waals surface area contributed by atoms with Crippen LogP contribution in [-0.4, -0.2) is 42.8 Å². The number of non-ortho nitro benzene ring substituents is 1. The zero-order valence-electron chi connectivity index (χ0n) is 10.1. The Hall–Kier alpha value is -1.55. The van der Waals surface area contributed by atoms with Crippen molar-refractivity contribution in [2.24, 2.45) is 0 Å². The maximum Gasteiger partial charge on any atom is 0.269 e. The van der Waals surface area contributed by atoms with E-state index >= 15 is 0 Å². The van der Waals surface area contributed by atoms with E-state index in [0.717, 1.165) is 18.2 Å². The van der Waals surface area contributed by atoms with Gasteiger partial charge in [-0.25, -0.2) is 13.1 Å². The first-order valence-corrected chi connectivity index (χ1v) is 6.80. The largest absolute Gasteiger partial charge is 0.394 e. The summed E-state index contributed by atoms with van der Waals surface area (Å²) in [5, 5.41) is 28.2. The summed E-state index contributed by atoms with van der Waals surface area (Å²) in [5.74, 6) is 0. The first-order chi connectivity index (χ1) is 8.77. The highest BCUT2D eigenvalue weighted by molar-refractivity contribution is 7.89. The Bertz CT molecular complexity index is 571. The van der Waals surface area contributed by atoms with Crippen LogP contribution in [0.2, 0.25) is 0 Å². The summed E-state index contributed by atoms with van der Waals surface area (Å²) in [6, 6.07) is 3.36. The topological polar surface area (TPSA) is 130 Å². The third-order valence-electron chi connectivity index (χ3n) is 2.38. The van der Waals surface area contributed by atoms with Crippen molar-refractivity contribution in [1.29, 1.82) is 0 Å². The van der Waals surface area contributed by atoms with Crippen LogP contribution in [0.5, 0.6) is 0 Å². The van der Waals surface area contributed by atoms with Crippen LogP contribution in [0.4, 0.5) is 5.69 Å². The van der Waals surface area contributed by atoms with Gasteiger partial charge in [-0.1, -0.05) is 0 Å². The Morgan fingerprint density at radius 2 is 2.11 bits per heavy atom. The van der Waals surface area contributed by atoms with E-state index < -0.39 is 27.7 Å². The molecule has 0 saturated carbocycles. The Labute approximate surface area is 109 Å². The number of aliphatic hydroxyl groups is 2. The molecule has 0 aromatic heterocycles. The first kappa shape index (κ1) is 15.5. The maximum absolute atomic E-state index is 11.9. The summed E-state index contributed by atoms with van der Waals surface area (Å²) in [7, 11) is -3.88. The molecule has 0 heterocycles. The van der Waals surface area contributed by atoms with Gasteiger partial charge in [-0.05, 0) is 18.6 Å². The van der Waals surface area contributed by atoms with Crippen LogP contribution in [0.3, 0.4) is 0 Å². The molecule has 0 spiro atoms. The number of nitrogens with zero attached hydrogens (tertiary/aromatic N) is 1. The van der Waals surface area contributed by atoms with E-state index in [9.17, 15) is 18.5 Å². The van der Waals surface area contributed by atoms with Gasteiger partial charge in [-0.15, -0.1) is 0 Å². The molecule has 1 unspecified atom stereocenters. The van der Waals surface area contributed by atoms with Crippen molar-refractivity contribution in [2.75, 3.05) is 13.2 Å². The van der Waals surface area contributed by atoms with Crippen LogP contribution in [0.15, 0.2) is 23.1 Å². The molecule has 0 saturated heterocycles. The summed E-state index contributed by atoms with van der Waals surface area (Å²) >= 11 is 0. The van der Waals surface area contributed by atoms with Gasteiger partial charge in [0.1, 0.15) is 0 Å². The number of benzene rings is 1. The average molecular weight is 290 g/mol. The van der Waals surface area contributed by atoms with Crippen molar-refractivity contribution >= 4 is 15.7 Å². The Morgan fingerprint density at radius 3 is 2.58 bits per heavy atom. The van der Waals surface area contributed by atoms with Crippen LogP contribution in [0, 0.1) is 17.0 Å². The van der Waals surface area contributed by atoms with Crippen molar-refractivity contribution < 1.29 is 23.6 Å². The predicted octanol–water partition coefficient (Wildman–Crippen LogP) is -0.465. The molecule has 1 aromatic carbocycles. The average Bonchev–Trinajstić information content (AvgIpc) is 2.35. The number of hydrogen-bond donors (Lipinski definition) is 3. The predicted molar refractivity (Wildman–Crippen MR) is 66.1 cm³/mol. The molecule has 8 nitrogen and oxygen atoms in total. The molecular weight excluding hydrogens is 276 g/mol. The van der Waals surface area contributed by atoms with Crippen molar-refractivity contribution in [3.05, 3.63) is 33.9 Å². The Balaban J connectivity index is 2.99. The van der Waals surface area contributed by atoms with Gasteiger partial charge in [0.15, 0.2) is 0 Å². The minimum Gasteiger partial charge on any atom is -0.394 e. The van der Waals surface area contributed by atoms with Gasteiger partial charge >= 0.3 is 0 Å². The third kappa shape index (κ3) is 3.96. The zero-order chi connectivity index (χ0) is 14.6. The number of aliphatic hydroxyl groups excluding tert-OH is 2. The molecule has 9 heteroatoms. The van der Waals surface area contributed by atoms with Gasteiger partial charge in [-0.2, -0.15) is 0 Å². The standard InChI is InChI=1S/C10H14N2O6S/c1-7-4-8(12(15)16)2-3-10(7)19(17,18)11-5-9(14)6-13/h2-4,9,11,13-14H,5-6H2,1H3. The number of aryl methyl sites for hydroxylation is 1. The van der Waals surface area contributed by atoms with Crippen molar-refractivity contribution in [3.8, 4) is 0 Å². The molecule has 106 valence electrons. The second-order valence-electron chi connectivity index (χ2n) is 3.90. The molecular formula is C10H14N2O6S. The second-order valence-corrected chi connectivity index (χ2v) is 5.63. The van der Waals surface area contributed by atoms with Crippen LogP contribution in [0.25, 0.3) is 0 Å². The normalized spacial score (nSPS) is 13.2. The van der Waals surface area contributed by atoms with Gasteiger partial charge in [0.2, 0.25) is 10.0 Å². The fourth-order valence-electron chi connectivity index (χ4n) is 1.40. The number of nitro benzene ring substituents is 1. The monoisotopic (exact) mass is 290 g/mol. The SMILES string of the molecule is Cc1cc([N+](=O)[O-])ccc1S(=O)(=O)NCC(O)CO. The molecule has 19 heavy (non-hydrogen) atoms. The summed E-state index contributed by atoms with van der Waals surface area (Å²) in [6.45, 7) is 0.529. The summed E-state index contributed by atoms with van der Waals surface area (Å²) < 4.78 is 25.9. The third-order valence-corrected chi connectivity index (χ3v) is 3.96. The van der Waals surface area contributed by atoms with Crippen molar-refractivity contribution in [1.82, 2.24) is 4.72 Å². The quantitative estimate of drug-likeness (QED) is 0.480. The lowest BCUT2D eigenvalue weighted by atomic mass is 10.2.